The third kappa shape index (κ3) is 2.43. The molecule has 1 aliphatic heterocycles. The Labute approximate surface area is 117 Å². The van der Waals surface area contributed by atoms with E-state index in [1.165, 1.54) is 0 Å². The first-order chi connectivity index (χ1) is 9.78. The summed E-state index contributed by atoms with van der Waals surface area (Å²) in [4.78, 5) is 14.4. The second-order valence-corrected chi connectivity index (χ2v) is 5.05. The number of hydrogen-bond acceptors (Lipinski definition) is 4. The van der Waals surface area contributed by atoms with E-state index in [9.17, 15) is 4.79 Å². The molecule has 0 aliphatic carbocycles. The predicted octanol–water partition coefficient (Wildman–Crippen LogP) is 0.868. The lowest BCUT2D eigenvalue weighted by molar-refractivity contribution is 0.0715. The molecule has 2 aromatic rings. The average Bonchev–Trinajstić information content (AvgIpc) is 3.20. The van der Waals surface area contributed by atoms with Crippen molar-refractivity contribution in [1.29, 1.82) is 0 Å². The molecule has 3 heterocycles. The number of carbonyl (C=O) groups excluding carboxylic acids is 1. The molecule has 0 bridgehead atoms. The SMILES string of the molecule is CCc1cc(C(=O)N2CCC[C@H]2Cn2ccnn2)n[nH]1. The number of carbonyl (C=O) groups is 1. The van der Waals surface area contributed by atoms with Crippen LogP contribution in [0, 0.1) is 0 Å². The number of hydrogen-bond donors (Lipinski definition) is 1. The quantitative estimate of drug-likeness (QED) is 0.897. The van der Waals surface area contributed by atoms with Gasteiger partial charge in [0.2, 0.25) is 0 Å². The smallest absolute Gasteiger partial charge is 0.274 e. The Morgan fingerprint density at radius 3 is 3.15 bits per heavy atom. The minimum Gasteiger partial charge on any atom is -0.332 e. The summed E-state index contributed by atoms with van der Waals surface area (Å²) < 4.78 is 1.78. The van der Waals surface area contributed by atoms with E-state index in [0.717, 1.165) is 31.5 Å². The van der Waals surface area contributed by atoms with Gasteiger partial charge in [0.25, 0.3) is 5.91 Å². The van der Waals surface area contributed by atoms with E-state index in [2.05, 4.69) is 20.5 Å². The summed E-state index contributed by atoms with van der Waals surface area (Å²) in [7, 11) is 0. The molecule has 2 aromatic heterocycles. The Morgan fingerprint density at radius 1 is 1.55 bits per heavy atom. The maximum atomic E-state index is 12.5. The summed E-state index contributed by atoms with van der Waals surface area (Å²) in [6.45, 7) is 3.51. The highest BCUT2D eigenvalue weighted by atomic mass is 16.2. The van der Waals surface area contributed by atoms with Crippen LogP contribution in [-0.2, 0) is 13.0 Å². The van der Waals surface area contributed by atoms with Gasteiger partial charge in [0.05, 0.1) is 18.8 Å². The number of nitrogens with zero attached hydrogens (tertiary/aromatic N) is 5. The van der Waals surface area contributed by atoms with Gasteiger partial charge in [-0.25, -0.2) is 0 Å². The van der Waals surface area contributed by atoms with Gasteiger partial charge in [-0.15, -0.1) is 5.10 Å². The Morgan fingerprint density at radius 2 is 2.45 bits per heavy atom. The van der Waals surface area contributed by atoms with Crippen molar-refractivity contribution in [3.8, 4) is 0 Å². The van der Waals surface area contributed by atoms with Crippen molar-refractivity contribution >= 4 is 5.91 Å². The zero-order valence-electron chi connectivity index (χ0n) is 11.5. The van der Waals surface area contributed by atoms with Gasteiger partial charge < -0.3 is 4.90 Å². The van der Waals surface area contributed by atoms with Crippen molar-refractivity contribution in [2.24, 2.45) is 0 Å². The van der Waals surface area contributed by atoms with E-state index < -0.39 is 0 Å². The van der Waals surface area contributed by atoms with Crippen LogP contribution in [-0.4, -0.2) is 48.6 Å². The number of H-pyrrole nitrogens is 1. The van der Waals surface area contributed by atoms with E-state index in [0.29, 0.717) is 12.2 Å². The van der Waals surface area contributed by atoms with Crippen LogP contribution in [0.15, 0.2) is 18.5 Å². The molecule has 1 fully saturated rings. The summed E-state index contributed by atoms with van der Waals surface area (Å²) in [5.41, 5.74) is 1.49. The van der Waals surface area contributed by atoms with Crippen molar-refractivity contribution in [1.82, 2.24) is 30.1 Å². The van der Waals surface area contributed by atoms with Crippen LogP contribution < -0.4 is 0 Å². The van der Waals surface area contributed by atoms with Gasteiger partial charge in [0.15, 0.2) is 0 Å². The van der Waals surface area contributed by atoms with Crippen LogP contribution in [0.3, 0.4) is 0 Å². The van der Waals surface area contributed by atoms with E-state index in [4.69, 9.17) is 0 Å². The lowest BCUT2D eigenvalue weighted by Crippen LogP contribution is -2.38. The lowest BCUT2D eigenvalue weighted by Gasteiger charge is -2.23. The fourth-order valence-corrected chi connectivity index (χ4v) is 2.64. The van der Waals surface area contributed by atoms with E-state index in [1.54, 1.807) is 10.9 Å². The molecule has 0 aromatic carbocycles. The molecule has 7 nitrogen and oxygen atoms in total. The van der Waals surface area contributed by atoms with Crippen LogP contribution in [0.25, 0.3) is 0 Å². The molecular formula is C13H18N6O. The highest BCUT2D eigenvalue weighted by molar-refractivity contribution is 5.92. The number of aryl methyl sites for hydroxylation is 1. The summed E-state index contributed by atoms with van der Waals surface area (Å²) in [5, 5.41) is 14.8. The Hall–Kier alpha value is -2.18. The summed E-state index contributed by atoms with van der Waals surface area (Å²) >= 11 is 0. The van der Waals surface area contributed by atoms with Crippen molar-refractivity contribution in [3.63, 3.8) is 0 Å². The number of aromatic nitrogens is 5. The monoisotopic (exact) mass is 274 g/mol. The molecule has 0 radical (unpaired) electrons. The van der Waals surface area contributed by atoms with Gasteiger partial charge in [-0.2, -0.15) is 5.10 Å². The Kier molecular flexibility index (Phi) is 3.49. The molecule has 0 saturated carbocycles. The highest BCUT2D eigenvalue weighted by Gasteiger charge is 2.30. The van der Waals surface area contributed by atoms with Crippen LogP contribution >= 0.6 is 0 Å². The van der Waals surface area contributed by atoms with Gasteiger partial charge in [-0.1, -0.05) is 12.1 Å². The van der Waals surface area contributed by atoms with Crippen molar-refractivity contribution < 1.29 is 4.79 Å². The van der Waals surface area contributed by atoms with E-state index >= 15 is 0 Å². The molecule has 1 amide bonds. The van der Waals surface area contributed by atoms with Crippen LogP contribution in [0.1, 0.15) is 35.9 Å². The van der Waals surface area contributed by atoms with Gasteiger partial charge in [0, 0.05) is 18.4 Å². The second-order valence-electron chi connectivity index (χ2n) is 5.05. The van der Waals surface area contributed by atoms with Crippen molar-refractivity contribution in [3.05, 3.63) is 29.8 Å². The standard InChI is InChI=1S/C13H18N6O/c1-2-10-8-12(16-15-10)13(20)19-6-3-4-11(19)9-18-7-5-14-17-18/h5,7-8,11H,2-4,6,9H2,1H3,(H,15,16)/t11-/m0/s1. The molecular weight excluding hydrogens is 256 g/mol. The largest absolute Gasteiger partial charge is 0.332 e. The summed E-state index contributed by atoms with van der Waals surface area (Å²) in [6.07, 6.45) is 6.35. The number of aromatic amines is 1. The zero-order chi connectivity index (χ0) is 13.9. The molecule has 1 saturated heterocycles. The second kappa shape index (κ2) is 5.44. The molecule has 1 N–H and O–H groups in total. The molecule has 1 aliphatic rings. The molecule has 0 spiro atoms. The summed E-state index contributed by atoms with van der Waals surface area (Å²) in [5.74, 6) is 0.00330. The Bertz CT molecular complexity index is 575. The minimum absolute atomic E-state index is 0.00330. The summed E-state index contributed by atoms with van der Waals surface area (Å²) in [6, 6.07) is 2.01. The third-order valence-corrected chi connectivity index (χ3v) is 3.74. The van der Waals surface area contributed by atoms with Gasteiger partial charge >= 0.3 is 0 Å². The zero-order valence-corrected chi connectivity index (χ0v) is 11.5. The molecule has 20 heavy (non-hydrogen) atoms. The molecule has 3 rings (SSSR count). The predicted molar refractivity (Wildman–Crippen MR) is 72.0 cm³/mol. The molecule has 106 valence electrons. The fraction of sp³-hybridized carbons (Fsp3) is 0.538. The lowest BCUT2D eigenvalue weighted by atomic mass is 10.2. The molecule has 0 unspecified atom stereocenters. The fourth-order valence-electron chi connectivity index (χ4n) is 2.64. The van der Waals surface area contributed by atoms with Crippen LogP contribution in [0.5, 0.6) is 0 Å². The number of nitrogens with one attached hydrogen (secondary N) is 1. The first-order valence-electron chi connectivity index (χ1n) is 6.97. The third-order valence-electron chi connectivity index (χ3n) is 3.74. The first-order valence-corrected chi connectivity index (χ1v) is 6.97. The first kappa shape index (κ1) is 12.8. The van der Waals surface area contributed by atoms with Crippen molar-refractivity contribution in [2.75, 3.05) is 6.54 Å². The highest BCUT2D eigenvalue weighted by Crippen LogP contribution is 2.21. The van der Waals surface area contributed by atoms with Crippen LogP contribution in [0.4, 0.5) is 0 Å². The van der Waals surface area contributed by atoms with E-state index in [1.807, 2.05) is 24.1 Å². The Balaban J connectivity index is 1.72. The van der Waals surface area contributed by atoms with E-state index in [-0.39, 0.29) is 11.9 Å². The normalized spacial score (nSPS) is 18.6. The minimum atomic E-state index is 0.00330. The topological polar surface area (TPSA) is 79.7 Å². The number of rotatable bonds is 4. The van der Waals surface area contributed by atoms with Gasteiger partial charge in [0.1, 0.15) is 5.69 Å². The number of amides is 1. The number of likely N-dealkylation sites (tertiary alicyclic amines) is 1. The molecule has 7 heteroatoms. The molecule has 1 atom stereocenters. The van der Waals surface area contributed by atoms with Gasteiger partial charge in [-0.05, 0) is 25.3 Å². The van der Waals surface area contributed by atoms with Crippen molar-refractivity contribution in [2.45, 2.75) is 38.8 Å². The maximum absolute atomic E-state index is 12.5. The average molecular weight is 274 g/mol. The van der Waals surface area contributed by atoms with Gasteiger partial charge in [-0.3, -0.25) is 14.6 Å². The maximum Gasteiger partial charge on any atom is 0.274 e. The van der Waals surface area contributed by atoms with Crippen LogP contribution in [0.2, 0.25) is 0 Å².